The summed E-state index contributed by atoms with van der Waals surface area (Å²) in [6.07, 6.45) is 0.308. The summed E-state index contributed by atoms with van der Waals surface area (Å²) in [4.78, 5) is 51.4. The number of hydrogen-bond acceptors (Lipinski definition) is 10. The minimum atomic E-state index is -4.52. The van der Waals surface area contributed by atoms with Gasteiger partial charge in [-0.05, 0) is 80.4 Å². The van der Waals surface area contributed by atoms with Gasteiger partial charge in [0.25, 0.3) is 11.1 Å². The lowest BCUT2D eigenvalue weighted by molar-refractivity contribution is -0.137. The van der Waals surface area contributed by atoms with Crippen LogP contribution in [-0.4, -0.2) is 51.5 Å². The van der Waals surface area contributed by atoms with E-state index < -0.39 is 22.9 Å². The summed E-state index contributed by atoms with van der Waals surface area (Å²) >= 11 is 1.95. The summed E-state index contributed by atoms with van der Waals surface area (Å²) in [5.74, 6) is 0.246. The number of amides is 2. The second kappa shape index (κ2) is 12.1. The van der Waals surface area contributed by atoms with Crippen molar-refractivity contribution in [1.29, 1.82) is 0 Å². The average Bonchev–Trinajstić information content (AvgIpc) is 3.55. The molecule has 2 aliphatic heterocycles. The molecule has 0 unspecified atom stereocenters. The first kappa shape index (κ1) is 28.9. The predicted molar refractivity (Wildman–Crippen MR) is 150 cm³/mol. The zero-order valence-electron chi connectivity index (χ0n) is 21.8. The number of alkyl halides is 3. The summed E-state index contributed by atoms with van der Waals surface area (Å²) in [6.45, 7) is 3.60. The van der Waals surface area contributed by atoms with Gasteiger partial charge in [0.05, 0.1) is 37.3 Å². The van der Waals surface area contributed by atoms with Gasteiger partial charge in [0.1, 0.15) is 0 Å². The van der Waals surface area contributed by atoms with Crippen LogP contribution in [0.25, 0.3) is 16.6 Å². The number of aromatic nitrogens is 3. The van der Waals surface area contributed by atoms with Crippen molar-refractivity contribution in [2.24, 2.45) is 5.92 Å². The highest BCUT2D eigenvalue weighted by atomic mass is 32.2. The van der Waals surface area contributed by atoms with E-state index in [0.717, 1.165) is 48.1 Å². The number of imide groups is 1. The Morgan fingerprint density at radius 1 is 1.17 bits per heavy atom. The largest absolute Gasteiger partial charge is 0.416 e. The van der Waals surface area contributed by atoms with E-state index in [-0.39, 0.29) is 28.6 Å². The maximum atomic E-state index is 13.6. The number of carbonyl (C=O) groups excluding carboxylic acids is 3. The number of nitrogens with zero attached hydrogens (tertiary/aromatic N) is 4. The van der Waals surface area contributed by atoms with Gasteiger partial charge >= 0.3 is 6.18 Å². The van der Waals surface area contributed by atoms with Crippen LogP contribution in [0.2, 0.25) is 0 Å². The number of nitrogens with one attached hydrogen (secondary N) is 2. The zero-order chi connectivity index (χ0) is 29.1. The van der Waals surface area contributed by atoms with Crippen LogP contribution in [0.4, 0.5) is 23.9 Å². The Bertz CT molecular complexity index is 1520. The molecule has 5 rings (SSSR count). The standard InChI is InChI=1S/C27H25F3N6O3S2/c1-15(37)21-2-3-22(40-21)20-11-17(27(28,29)30)10-19(33-20)14-31-13-16-5-8-36(9-6-16)25-32-7-4-18(34-25)12-23-24(38)35-26(39)41-23/h2-4,7,10-12,16,31H,5-6,8-9,13-14H2,1H3,(H,35,38,39)/b23-12+. The molecule has 0 aromatic carbocycles. The van der Waals surface area contributed by atoms with Gasteiger partial charge in [-0.25, -0.2) is 9.97 Å². The van der Waals surface area contributed by atoms with Gasteiger partial charge in [-0.2, -0.15) is 13.2 Å². The summed E-state index contributed by atoms with van der Waals surface area (Å²) < 4.78 is 40.8. The number of thiophene rings is 1. The molecule has 14 heteroatoms. The van der Waals surface area contributed by atoms with E-state index >= 15 is 0 Å². The summed E-state index contributed by atoms with van der Waals surface area (Å²) in [6, 6.07) is 6.96. The van der Waals surface area contributed by atoms with Gasteiger partial charge in [0.2, 0.25) is 5.95 Å². The number of piperidine rings is 1. The summed E-state index contributed by atoms with van der Waals surface area (Å²) in [5.41, 5.74) is 0.223. The molecule has 2 fully saturated rings. The molecule has 0 atom stereocenters. The van der Waals surface area contributed by atoms with Gasteiger partial charge in [-0.3, -0.25) is 24.7 Å². The third-order valence-electron chi connectivity index (χ3n) is 6.63. The van der Waals surface area contributed by atoms with Gasteiger partial charge < -0.3 is 10.2 Å². The summed E-state index contributed by atoms with van der Waals surface area (Å²) in [7, 11) is 0. The van der Waals surface area contributed by atoms with Crippen molar-refractivity contribution >= 4 is 52.1 Å². The molecule has 5 heterocycles. The molecular weight excluding hydrogens is 577 g/mol. The van der Waals surface area contributed by atoms with Crippen molar-refractivity contribution in [2.45, 2.75) is 32.5 Å². The fraction of sp³-hybridized carbons (Fsp3) is 0.333. The molecule has 0 bridgehead atoms. The fourth-order valence-electron chi connectivity index (χ4n) is 4.52. The van der Waals surface area contributed by atoms with E-state index in [1.165, 1.54) is 6.92 Å². The van der Waals surface area contributed by atoms with Crippen molar-refractivity contribution in [3.63, 3.8) is 0 Å². The normalized spacial score (nSPS) is 17.4. The van der Waals surface area contributed by atoms with E-state index in [4.69, 9.17) is 0 Å². The predicted octanol–water partition coefficient (Wildman–Crippen LogP) is 5.15. The van der Waals surface area contributed by atoms with Crippen LogP contribution in [-0.2, 0) is 17.5 Å². The number of thioether (sulfide) groups is 1. The minimum absolute atomic E-state index is 0.146. The van der Waals surface area contributed by atoms with E-state index in [9.17, 15) is 27.6 Å². The first-order valence-corrected chi connectivity index (χ1v) is 14.4. The smallest absolute Gasteiger partial charge is 0.341 e. The highest BCUT2D eigenvalue weighted by Gasteiger charge is 2.32. The molecule has 0 spiro atoms. The molecule has 3 aromatic rings. The number of ketones is 1. The monoisotopic (exact) mass is 602 g/mol. The van der Waals surface area contributed by atoms with E-state index in [0.29, 0.717) is 46.9 Å². The number of hydrogen-bond donors (Lipinski definition) is 2. The van der Waals surface area contributed by atoms with E-state index in [2.05, 4.69) is 25.6 Å². The lowest BCUT2D eigenvalue weighted by Gasteiger charge is -2.32. The van der Waals surface area contributed by atoms with Gasteiger partial charge in [0.15, 0.2) is 5.78 Å². The Morgan fingerprint density at radius 3 is 2.61 bits per heavy atom. The highest BCUT2D eigenvalue weighted by molar-refractivity contribution is 8.18. The Hall–Kier alpha value is -3.62. The van der Waals surface area contributed by atoms with Crippen LogP contribution in [0, 0.1) is 5.92 Å². The molecule has 214 valence electrons. The van der Waals surface area contributed by atoms with Gasteiger partial charge in [0, 0.05) is 25.8 Å². The number of halogens is 3. The molecule has 2 saturated heterocycles. The SMILES string of the molecule is CC(=O)c1ccc(-c2cc(C(F)(F)F)cc(CNCC3CCN(c4nccc(/C=C5/SC(=O)NC5=O)n4)CC3)n2)s1. The topological polar surface area (TPSA) is 117 Å². The van der Waals surface area contributed by atoms with Crippen LogP contribution in [0.15, 0.2) is 41.4 Å². The van der Waals surface area contributed by atoms with Crippen LogP contribution >= 0.6 is 23.1 Å². The molecule has 3 aromatic heterocycles. The fourth-order valence-corrected chi connectivity index (χ4v) is 6.05. The quantitative estimate of drug-likeness (QED) is 0.267. The lowest BCUT2D eigenvalue weighted by atomic mass is 9.97. The Balaban J connectivity index is 1.17. The maximum absolute atomic E-state index is 13.6. The van der Waals surface area contributed by atoms with Crippen molar-refractivity contribution < 1.29 is 27.6 Å². The highest BCUT2D eigenvalue weighted by Crippen LogP contribution is 2.34. The van der Waals surface area contributed by atoms with Crippen LogP contribution in [0.5, 0.6) is 0 Å². The molecule has 0 radical (unpaired) electrons. The van der Waals surface area contributed by atoms with Gasteiger partial charge in [-0.15, -0.1) is 11.3 Å². The molecule has 0 saturated carbocycles. The Morgan fingerprint density at radius 2 is 1.95 bits per heavy atom. The Kier molecular flexibility index (Phi) is 8.52. The van der Waals surface area contributed by atoms with Gasteiger partial charge in [-0.1, -0.05) is 0 Å². The number of anilines is 1. The number of carbonyl (C=O) groups is 3. The first-order valence-electron chi connectivity index (χ1n) is 12.8. The van der Waals surface area contributed by atoms with Crippen molar-refractivity contribution in [3.8, 4) is 10.6 Å². The maximum Gasteiger partial charge on any atom is 0.416 e. The molecular formula is C27H25F3N6O3S2. The number of rotatable bonds is 8. The van der Waals surface area contributed by atoms with Crippen LogP contribution in [0.3, 0.4) is 0 Å². The third-order valence-corrected chi connectivity index (χ3v) is 8.65. The molecule has 41 heavy (non-hydrogen) atoms. The molecule has 0 aliphatic carbocycles. The average molecular weight is 603 g/mol. The van der Waals surface area contributed by atoms with Crippen molar-refractivity contribution in [2.75, 3.05) is 24.5 Å². The van der Waals surface area contributed by atoms with E-state index in [1.54, 1.807) is 30.5 Å². The third kappa shape index (κ3) is 7.18. The second-order valence-corrected chi connectivity index (χ2v) is 11.7. The van der Waals surface area contributed by atoms with Crippen LogP contribution < -0.4 is 15.5 Å². The first-order chi connectivity index (χ1) is 19.5. The van der Waals surface area contributed by atoms with E-state index in [1.807, 2.05) is 4.90 Å². The number of Topliss-reactive ketones (excluding diaryl/α,β-unsaturated/α-hetero) is 1. The van der Waals surface area contributed by atoms with Crippen molar-refractivity contribution in [1.82, 2.24) is 25.6 Å². The van der Waals surface area contributed by atoms with Crippen molar-refractivity contribution in [3.05, 3.63) is 63.3 Å². The molecule has 2 N–H and O–H groups in total. The summed E-state index contributed by atoms with van der Waals surface area (Å²) in [5, 5.41) is 5.06. The molecule has 9 nitrogen and oxygen atoms in total. The lowest BCUT2D eigenvalue weighted by Crippen LogP contribution is -2.38. The molecule has 2 amide bonds. The molecule has 2 aliphatic rings. The minimum Gasteiger partial charge on any atom is -0.341 e. The Labute approximate surface area is 241 Å². The second-order valence-electron chi connectivity index (χ2n) is 9.65. The number of pyridine rings is 1. The van der Waals surface area contributed by atoms with Crippen LogP contribution in [0.1, 0.15) is 46.4 Å². The zero-order valence-corrected chi connectivity index (χ0v) is 23.5.